The Morgan fingerprint density at radius 2 is 1.35 bits per heavy atom. The second-order valence-electron chi connectivity index (χ2n) is 4.33. The van der Waals surface area contributed by atoms with E-state index in [0.29, 0.717) is 11.3 Å². The van der Waals surface area contributed by atoms with Crippen molar-refractivity contribution in [1.82, 2.24) is 0 Å². The molecule has 0 spiro atoms. The van der Waals surface area contributed by atoms with Crippen LogP contribution in [0.5, 0.6) is 0 Å². The van der Waals surface area contributed by atoms with Crippen molar-refractivity contribution in [2.24, 2.45) is 0 Å². The van der Waals surface area contributed by atoms with Gasteiger partial charge in [-0.1, -0.05) is 24.3 Å². The first-order valence-corrected chi connectivity index (χ1v) is 5.91. The minimum absolute atomic E-state index is 0.174. The lowest BCUT2D eigenvalue weighted by molar-refractivity contribution is -0.137. The van der Waals surface area contributed by atoms with Gasteiger partial charge >= 0.3 is 6.18 Å². The monoisotopic (exact) mass is 279 g/mol. The van der Waals surface area contributed by atoms with Crippen LogP contribution >= 0.6 is 0 Å². The lowest BCUT2D eigenvalue weighted by atomic mass is 10.0. The Labute approximate surface area is 114 Å². The summed E-state index contributed by atoms with van der Waals surface area (Å²) in [6.45, 7) is 1.41. The maximum absolute atomic E-state index is 12.5. The summed E-state index contributed by atoms with van der Waals surface area (Å²) in [4.78, 5) is 10.9. The summed E-state index contributed by atoms with van der Waals surface area (Å²) in [7, 11) is 0. The molecule has 20 heavy (non-hydrogen) atoms. The molecule has 1 amide bonds. The van der Waals surface area contributed by atoms with Crippen molar-refractivity contribution < 1.29 is 18.0 Å². The fourth-order valence-electron chi connectivity index (χ4n) is 1.80. The summed E-state index contributed by atoms with van der Waals surface area (Å²) < 4.78 is 37.4. The van der Waals surface area contributed by atoms with Crippen LogP contribution < -0.4 is 5.32 Å². The highest BCUT2D eigenvalue weighted by atomic mass is 19.4. The molecule has 0 aliphatic carbocycles. The van der Waals surface area contributed by atoms with Crippen molar-refractivity contribution in [2.45, 2.75) is 13.1 Å². The zero-order chi connectivity index (χ0) is 14.8. The molecule has 1 N–H and O–H groups in total. The van der Waals surface area contributed by atoms with E-state index >= 15 is 0 Å². The van der Waals surface area contributed by atoms with Gasteiger partial charge < -0.3 is 5.32 Å². The van der Waals surface area contributed by atoms with Crippen molar-refractivity contribution in [2.75, 3.05) is 5.32 Å². The van der Waals surface area contributed by atoms with Crippen LogP contribution in [0.2, 0.25) is 0 Å². The zero-order valence-corrected chi connectivity index (χ0v) is 10.7. The number of amides is 1. The summed E-state index contributed by atoms with van der Waals surface area (Å²) >= 11 is 0. The lowest BCUT2D eigenvalue weighted by Crippen LogP contribution is -2.05. The first-order chi connectivity index (χ1) is 9.36. The van der Waals surface area contributed by atoms with E-state index < -0.39 is 11.7 Å². The molecule has 2 aromatic carbocycles. The highest BCUT2D eigenvalue weighted by molar-refractivity contribution is 5.88. The summed E-state index contributed by atoms with van der Waals surface area (Å²) in [6, 6.07) is 11.9. The SMILES string of the molecule is CC(=O)Nc1ccc(-c2ccc(C(F)(F)F)cc2)cc1. The maximum Gasteiger partial charge on any atom is 0.416 e. The van der Waals surface area contributed by atoms with E-state index in [1.165, 1.54) is 19.1 Å². The van der Waals surface area contributed by atoms with Gasteiger partial charge in [0.1, 0.15) is 0 Å². The standard InChI is InChI=1S/C15H12F3NO/c1-10(20)19-14-8-4-12(5-9-14)11-2-6-13(7-3-11)15(16,17)18/h2-9H,1H3,(H,19,20). The van der Waals surface area contributed by atoms with Crippen LogP contribution in [0.15, 0.2) is 48.5 Å². The van der Waals surface area contributed by atoms with Crippen LogP contribution in [0.4, 0.5) is 18.9 Å². The van der Waals surface area contributed by atoms with E-state index in [-0.39, 0.29) is 5.91 Å². The topological polar surface area (TPSA) is 29.1 Å². The molecule has 0 atom stereocenters. The number of nitrogens with one attached hydrogen (secondary N) is 1. The number of carbonyl (C=O) groups excluding carboxylic acids is 1. The smallest absolute Gasteiger partial charge is 0.326 e. The molecule has 0 saturated heterocycles. The van der Waals surface area contributed by atoms with Crippen LogP contribution in [0.25, 0.3) is 11.1 Å². The van der Waals surface area contributed by atoms with Gasteiger partial charge in [0.15, 0.2) is 0 Å². The molecule has 0 aliphatic rings. The predicted octanol–water partition coefficient (Wildman–Crippen LogP) is 4.33. The summed E-state index contributed by atoms with van der Waals surface area (Å²) in [5.74, 6) is -0.174. The first kappa shape index (κ1) is 14.1. The van der Waals surface area contributed by atoms with Crippen LogP contribution in [-0.4, -0.2) is 5.91 Å². The second kappa shape index (κ2) is 5.36. The average molecular weight is 279 g/mol. The minimum Gasteiger partial charge on any atom is -0.326 e. The molecule has 104 valence electrons. The Bertz CT molecular complexity index is 601. The van der Waals surface area contributed by atoms with Gasteiger partial charge in [0.25, 0.3) is 0 Å². The number of rotatable bonds is 2. The van der Waals surface area contributed by atoms with Crippen molar-refractivity contribution in [1.29, 1.82) is 0 Å². The third kappa shape index (κ3) is 3.38. The predicted molar refractivity (Wildman–Crippen MR) is 71.2 cm³/mol. The van der Waals surface area contributed by atoms with Gasteiger partial charge in [-0.2, -0.15) is 13.2 Å². The van der Waals surface area contributed by atoms with Gasteiger partial charge in [-0.3, -0.25) is 4.79 Å². The maximum atomic E-state index is 12.5. The number of benzene rings is 2. The number of carbonyl (C=O) groups is 1. The fourth-order valence-corrected chi connectivity index (χ4v) is 1.80. The van der Waals surface area contributed by atoms with Crippen molar-refractivity contribution in [3.8, 4) is 11.1 Å². The van der Waals surface area contributed by atoms with E-state index in [2.05, 4.69) is 5.32 Å². The molecule has 5 heteroatoms. The highest BCUT2D eigenvalue weighted by Gasteiger charge is 2.29. The fraction of sp³-hybridized carbons (Fsp3) is 0.133. The highest BCUT2D eigenvalue weighted by Crippen LogP contribution is 2.31. The Kier molecular flexibility index (Phi) is 3.79. The van der Waals surface area contributed by atoms with Gasteiger partial charge in [0, 0.05) is 12.6 Å². The molecule has 2 aromatic rings. The molecule has 0 aromatic heterocycles. The van der Waals surface area contributed by atoms with Gasteiger partial charge in [-0.15, -0.1) is 0 Å². The van der Waals surface area contributed by atoms with E-state index in [0.717, 1.165) is 17.7 Å². The van der Waals surface area contributed by atoms with Gasteiger partial charge in [-0.25, -0.2) is 0 Å². The zero-order valence-electron chi connectivity index (χ0n) is 10.7. The van der Waals surface area contributed by atoms with E-state index in [1.54, 1.807) is 24.3 Å². The molecule has 0 radical (unpaired) electrons. The Balaban J connectivity index is 2.21. The summed E-state index contributed by atoms with van der Waals surface area (Å²) in [6.07, 6.45) is -4.33. The molecule has 0 aliphatic heterocycles. The minimum atomic E-state index is -4.33. The molecule has 0 heterocycles. The van der Waals surface area contributed by atoms with E-state index in [4.69, 9.17) is 0 Å². The molecule has 2 rings (SSSR count). The van der Waals surface area contributed by atoms with E-state index in [9.17, 15) is 18.0 Å². The molecule has 0 bridgehead atoms. The van der Waals surface area contributed by atoms with Crippen LogP contribution in [0, 0.1) is 0 Å². The summed E-state index contributed by atoms with van der Waals surface area (Å²) in [5.41, 5.74) is 1.45. The molecule has 0 fully saturated rings. The van der Waals surface area contributed by atoms with Crippen LogP contribution in [0.1, 0.15) is 12.5 Å². The normalized spacial score (nSPS) is 11.2. The van der Waals surface area contributed by atoms with Crippen molar-refractivity contribution >= 4 is 11.6 Å². The van der Waals surface area contributed by atoms with Gasteiger partial charge in [-0.05, 0) is 35.4 Å². The number of halogens is 3. The van der Waals surface area contributed by atoms with Crippen molar-refractivity contribution in [3.05, 3.63) is 54.1 Å². The summed E-state index contributed by atoms with van der Waals surface area (Å²) in [5, 5.41) is 2.62. The Morgan fingerprint density at radius 3 is 1.75 bits per heavy atom. The third-order valence-corrected chi connectivity index (χ3v) is 2.75. The molecule has 2 nitrogen and oxygen atoms in total. The first-order valence-electron chi connectivity index (χ1n) is 5.91. The van der Waals surface area contributed by atoms with Crippen molar-refractivity contribution in [3.63, 3.8) is 0 Å². The third-order valence-electron chi connectivity index (χ3n) is 2.75. The largest absolute Gasteiger partial charge is 0.416 e. The van der Waals surface area contributed by atoms with Crippen LogP contribution in [-0.2, 0) is 11.0 Å². The van der Waals surface area contributed by atoms with Gasteiger partial charge in [0.2, 0.25) is 5.91 Å². The molecular formula is C15H12F3NO. The molecule has 0 unspecified atom stereocenters. The second-order valence-corrected chi connectivity index (χ2v) is 4.33. The molecule has 0 saturated carbocycles. The number of hydrogen-bond acceptors (Lipinski definition) is 1. The van der Waals surface area contributed by atoms with Crippen LogP contribution in [0.3, 0.4) is 0 Å². The van der Waals surface area contributed by atoms with E-state index in [1.807, 2.05) is 0 Å². The number of hydrogen-bond donors (Lipinski definition) is 1. The Morgan fingerprint density at radius 1 is 0.900 bits per heavy atom. The van der Waals surface area contributed by atoms with Gasteiger partial charge in [0.05, 0.1) is 5.56 Å². The number of anilines is 1. The Hall–Kier alpha value is -2.30. The lowest BCUT2D eigenvalue weighted by Gasteiger charge is -2.08. The number of alkyl halides is 3. The molecular weight excluding hydrogens is 267 g/mol. The average Bonchev–Trinajstić information content (AvgIpc) is 2.38. The quantitative estimate of drug-likeness (QED) is 0.871.